The van der Waals surface area contributed by atoms with E-state index in [1.165, 1.54) is 13.0 Å². The second-order valence-electron chi connectivity index (χ2n) is 8.01. The van der Waals surface area contributed by atoms with Gasteiger partial charge in [0.25, 0.3) is 0 Å². The lowest BCUT2D eigenvalue weighted by Gasteiger charge is -2.32. The average molecular weight is 430 g/mol. The van der Waals surface area contributed by atoms with Crippen molar-refractivity contribution in [2.45, 2.75) is 52.0 Å². The zero-order chi connectivity index (χ0) is 22.6. The molecule has 2 N–H and O–H groups in total. The van der Waals surface area contributed by atoms with Gasteiger partial charge in [0, 0.05) is 18.7 Å². The predicted molar refractivity (Wildman–Crippen MR) is 113 cm³/mol. The van der Waals surface area contributed by atoms with E-state index in [0.717, 1.165) is 11.6 Å². The minimum atomic E-state index is -0.857. The number of hydrogen-bond acceptors (Lipinski definition) is 5. The maximum Gasteiger partial charge on any atom is 0.412 e. The molecule has 0 aromatic heterocycles. The second kappa shape index (κ2) is 9.34. The van der Waals surface area contributed by atoms with Crippen LogP contribution in [0.4, 0.5) is 14.9 Å². The van der Waals surface area contributed by atoms with Crippen molar-refractivity contribution in [3.63, 3.8) is 0 Å². The molecule has 7 nitrogen and oxygen atoms in total. The van der Waals surface area contributed by atoms with E-state index in [4.69, 9.17) is 9.47 Å². The number of carbonyl (C=O) groups is 2. The maximum atomic E-state index is 14.1. The van der Waals surface area contributed by atoms with E-state index in [1.54, 1.807) is 18.7 Å². The Hall–Kier alpha value is -3.13. The van der Waals surface area contributed by atoms with Gasteiger partial charge in [0.2, 0.25) is 5.91 Å². The van der Waals surface area contributed by atoms with Crippen LogP contribution in [0.1, 0.15) is 38.3 Å². The minimum Gasteiger partial charge on any atom is -0.505 e. The fourth-order valence-corrected chi connectivity index (χ4v) is 3.70. The molecule has 0 spiro atoms. The van der Waals surface area contributed by atoms with Crippen LogP contribution >= 0.6 is 0 Å². The molecule has 0 unspecified atom stereocenters. The van der Waals surface area contributed by atoms with Crippen LogP contribution in [0.25, 0.3) is 0 Å². The van der Waals surface area contributed by atoms with E-state index in [0.29, 0.717) is 18.6 Å². The summed E-state index contributed by atoms with van der Waals surface area (Å²) in [5.41, 5.74) is 0.621. The number of ether oxygens (including phenoxy) is 2. The van der Waals surface area contributed by atoms with Crippen molar-refractivity contribution >= 4 is 17.7 Å². The molecule has 1 aliphatic heterocycles. The Morgan fingerprint density at radius 1 is 1.29 bits per heavy atom. The summed E-state index contributed by atoms with van der Waals surface area (Å²) in [6, 6.07) is 11.6. The van der Waals surface area contributed by atoms with Crippen LogP contribution in [0.2, 0.25) is 0 Å². The van der Waals surface area contributed by atoms with Gasteiger partial charge < -0.3 is 19.9 Å². The number of rotatable bonds is 6. The van der Waals surface area contributed by atoms with Crippen molar-refractivity contribution < 1.29 is 28.6 Å². The third-order valence-electron chi connectivity index (χ3n) is 5.19. The molecule has 0 bridgehead atoms. The lowest BCUT2D eigenvalue weighted by atomic mass is 10.0. The van der Waals surface area contributed by atoms with E-state index in [1.807, 2.05) is 30.3 Å². The average Bonchev–Trinajstić information content (AvgIpc) is 3.02. The molecule has 1 heterocycles. The van der Waals surface area contributed by atoms with Gasteiger partial charge in [-0.1, -0.05) is 30.3 Å². The Bertz CT molecular complexity index is 948. The first kappa shape index (κ1) is 22.6. The van der Waals surface area contributed by atoms with Gasteiger partial charge in [0.15, 0.2) is 11.6 Å². The van der Waals surface area contributed by atoms with Gasteiger partial charge in [0.1, 0.15) is 12.3 Å². The molecule has 0 radical (unpaired) electrons. The number of nitrogens with zero attached hydrogens (tertiary/aromatic N) is 1. The number of hydrogen-bond donors (Lipinski definition) is 2. The molecule has 8 heteroatoms. The van der Waals surface area contributed by atoms with Crippen molar-refractivity contribution in [2.75, 3.05) is 11.9 Å². The fourth-order valence-electron chi connectivity index (χ4n) is 3.70. The fraction of sp³-hybridized carbons (Fsp3) is 0.391. The van der Waals surface area contributed by atoms with E-state index in [-0.39, 0.29) is 30.7 Å². The summed E-state index contributed by atoms with van der Waals surface area (Å²) in [4.78, 5) is 25.6. The molecule has 0 saturated carbocycles. The highest BCUT2D eigenvalue weighted by Gasteiger charge is 2.44. The normalized spacial score (nSPS) is 17.4. The van der Waals surface area contributed by atoms with E-state index in [9.17, 15) is 19.1 Å². The summed E-state index contributed by atoms with van der Waals surface area (Å²) in [5, 5.41) is 12.6. The number of benzene rings is 2. The highest BCUT2D eigenvalue weighted by Crippen LogP contribution is 2.33. The van der Waals surface area contributed by atoms with Crippen LogP contribution in [0.3, 0.4) is 0 Å². The number of phenolic OH excluding ortho intramolecular Hbond substituents is 1. The number of amides is 2. The highest BCUT2D eigenvalue weighted by molar-refractivity contribution is 5.88. The zero-order valence-corrected chi connectivity index (χ0v) is 17.9. The van der Waals surface area contributed by atoms with Gasteiger partial charge in [-0.25, -0.2) is 9.18 Å². The first-order valence-corrected chi connectivity index (χ1v) is 10.1. The number of aromatic hydroxyl groups is 1. The third kappa shape index (κ3) is 5.52. The van der Waals surface area contributed by atoms with Gasteiger partial charge >= 0.3 is 6.09 Å². The molecule has 1 aliphatic rings. The molecule has 1 fully saturated rings. The van der Waals surface area contributed by atoms with Crippen molar-refractivity contribution in [2.24, 2.45) is 0 Å². The van der Waals surface area contributed by atoms with E-state index >= 15 is 0 Å². The maximum absolute atomic E-state index is 14.1. The first-order valence-electron chi connectivity index (χ1n) is 10.1. The highest BCUT2D eigenvalue weighted by atomic mass is 19.1. The quantitative estimate of drug-likeness (QED) is 0.671. The second-order valence-corrected chi connectivity index (χ2v) is 8.01. The summed E-state index contributed by atoms with van der Waals surface area (Å²) >= 11 is 0. The SMILES string of the molecule is CC(=O)Nc1cc(F)c(O)c(CC[C@H]2COC(C)(C)N2C(=O)OCc2ccccc2)c1. The molecule has 2 aromatic rings. The largest absolute Gasteiger partial charge is 0.505 e. The zero-order valence-electron chi connectivity index (χ0n) is 17.9. The molecule has 1 saturated heterocycles. The van der Waals surface area contributed by atoms with Gasteiger partial charge in [-0.05, 0) is 43.9 Å². The summed E-state index contributed by atoms with van der Waals surface area (Å²) in [7, 11) is 0. The number of phenols is 1. The number of nitrogens with one attached hydrogen (secondary N) is 1. The van der Waals surface area contributed by atoms with Crippen LogP contribution in [-0.2, 0) is 27.3 Å². The summed E-state index contributed by atoms with van der Waals surface area (Å²) in [5.74, 6) is -1.62. The van der Waals surface area contributed by atoms with Gasteiger partial charge in [-0.3, -0.25) is 9.69 Å². The Balaban J connectivity index is 1.69. The van der Waals surface area contributed by atoms with Crippen molar-refractivity contribution in [1.29, 1.82) is 0 Å². The molecule has 2 amide bonds. The van der Waals surface area contributed by atoms with Crippen LogP contribution in [0, 0.1) is 5.82 Å². The Kier molecular flexibility index (Phi) is 6.80. The lowest BCUT2D eigenvalue weighted by Crippen LogP contribution is -2.48. The van der Waals surface area contributed by atoms with Crippen molar-refractivity contribution in [3.8, 4) is 5.75 Å². The minimum absolute atomic E-state index is 0.143. The summed E-state index contributed by atoms with van der Waals surface area (Å²) in [6.07, 6.45) is 0.196. The lowest BCUT2D eigenvalue weighted by molar-refractivity contribution is -0.114. The number of carbonyl (C=O) groups excluding carboxylic acids is 2. The summed E-state index contributed by atoms with van der Waals surface area (Å²) < 4.78 is 25.3. The van der Waals surface area contributed by atoms with Gasteiger partial charge in [-0.15, -0.1) is 0 Å². The Morgan fingerprint density at radius 3 is 2.68 bits per heavy atom. The monoisotopic (exact) mass is 430 g/mol. The molecular weight excluding hydrogens is 403 g/mol. The Labute approximate surface area is 180 Å². The van der Waals surface area contributed by atoms with Crippen LogP contribution in [0.5, 0.6) is 5.75 Å². The number of halogens is 1. The first-order chi connectivity index (χ1) is 14.7. The van der Waals surface area contributed by atoms with Crippen molar-refractivity contribution in [3.05, 3.63) is 59.4 Å². The summed E-state index contributed by atoms with van der Waals surface area (Å²) in [6.45, 7) is 5.32. The molecule has 0 aliphatic carbocycles. The molecular formula is C23H27FN2O5. The van der Waals surface area contributed by atoms with Gasteiger partial charge in [-0.2, -0.15) is 0 Å². The molecule has 1 atom stereocenters. The number of anilines is 1. The van der Waals surface area contributed by atoms with Crippen LogP contribution in [0.15, 0.2) is 42.5 Å². The Morgan fingerprint density at radius 2 is 2.00 bits per heavy atom. The molecule has 166 valence electrons. The van der Waals surface area contributed by atoms with Crippen LogP contribution in [-0.4, -0.2) is 40.4 Å². The van der Waals surface area contributed by atoms with Crippen molar-refractivity contribution in [1.82, 2.24) is 4.90 Å². The molecule has 2 aromatic carbocycles. The third-order valence-corrected chi connectivity index (χ3v) is 5.19. The molecule has 31 heavy (non-hydrogen) atoms. The number of aryl methyl sites for hydroxylation is 1. The molecule has 3 rings (SSSR count). The predicted octanol–water partition coefficient (Wildman–Crippen LogP) is 4.20. The smallest absolute Gasteiger partial charge is 0.412 e. The van der Waals surface area contributed by atoms with E-state index < -0.39 is 23.4 Å². The topological polar surface area (TPSA) is 88.1 Å². The van der Waals surface area contributed by atoms with Crippen LogP contribution < -0.4 is 5.32 Å². The van der Waals surface area contributed by atoms with Gasteiger partial charge in [0.05, 0.1) is 12.6 Å². The standard InChI is InChI=1S/C23H27FN2O5/c1-15(27)25-18-11-17(21(28)20(24)12-18)9-10-19-14-31-23(2,3)26(19)22(29)30-13-16-7-5-4-6-8-16/h4-8,11-12,19,28H,9-10,13-14H2,1-3H3,(H,25,27)/t19-/m0/s1. The van der Waals surface area contributed by atoms with E-state index in [2.05, 4.69) is 5.32 Å².